The van der Waals surface area contributed by atoms with Crippen molar-refractivity contribution in [2.75, 3.05) is 0 Å². The number of nitrogens with zero attached hydrogens (tertiary/aromatic N) is 1. The van der Waals surface area contributed by atoms with Crippen molar-refractivity contribution in [3.63, 3.8) is 0 Å². The van der Waals surface area contributed by atoms with Crippen molar-refractivity contribution in [2.45, 2.75) is 0 Å². The van der Waals surface area contributed by atoms with Gasteiger partial charge in [0.25, 0.3) is 5.09 Å². The van der Waals surface area contributed by atoms with E-state index >= 15 is 0 Å². The minimum atomic E-state index is -1.50. The molecular weight excluding hydrogens is 68.9 g/mol. The van der Waals surface area contributed by atoms with Gasteiger partial charge >= 0.3 is 18.9 Å². The standard InChI is InChI=1S/Li.HNO3.H/c;2-1(3)4;/h;(H,2,3,4);/q+1;;-1. The first-order valence-electron chi connectivity index (χ1n) is 0.565. The molecule has 5 heavy (non-hydrogen) atoms. The average Bonchev–Trinajstić information content (AvgIpc) is 0.811. The van der Waals surface area contributed by atoms with Gasteiger partial charge in [-0.2, -0.15) is 0 Å². The molecule has 0 aromatic carbocycles. The van der Waals surface area contributed by atoms with Gasteiger partial charge in [0.2, 0.25) is 0 Å². The van der Waals surface area contributed by atoms with Crippen LogP contribution in [0.5, 0.6) is 0 Å². The quantitative estimate of drug-likeness (QED) is 0.185. The zero-order valence-corrected chi connectivity index (χ0v) is 2.71. The van der Waals surface area contributed by atoms with Crippen molar-refractivity contribution in [3.8, 4) is 0 Å². The molecule has 0 aromatic heterocycles. The molecule has 0 bridgehead atoms. The Morgan fingerprint density at radius 1 is 2.00 bits per heavy atom. The first-order chi connectivity index (χ1) is 1.73. The Kier molecular flexibility index (Phi) is 6.71. The minimum absolute atomic E-state index is 0. The van der Waals surface area contributed by atoms with E-state index in [9.17, 15) is 0 Å². The Balaban J connectivity index is -0.0000000450. The van der Waals surface area contributed by atoms with Gasteiger partial charge in [0.15, 0.2) is 0 Å². The second kappa shape index (κ2) is 3.80. The van der Waals surface area contributed by atoms with Crippen LogP contribution in [-0.4, -0.2) is 10.3 Å². The Morgan fingerprint density at radius 2 is 2.00 bits per heavy atom. The van der Waals surface area contributed by atoms with Crippen LogP contribution in [0, 0.1) is 10.1 Å². The molecule has 0 amide bonds. The molecule has 4 nitrogen and oxygen atoms in total. The molecule has 0 fully saturated rings. The van der Waals surface area contributed by atoms with Crippen molar-refractivity contribution in [3.05, 3.63) is 10.1 Å². The van der Waals surface area contributed by atoms with E-state index < -0.39 is 5.09 Å². The van der Waals surface area contributed by atoms with Crippen molar-refractivity contribution < 1.29 is 30.6 Å². The monoisotopic (exact) mass is 71.0 g/mol. The third-order valence-electron chi connectivity index (χ3n) is 0. The van der Waals surface area contributed by atoms with E-state index in [4.69, 9.17) is 15.3 Å². The van der Waals surface area contributed by atoms with Crippen LogP contribution in [0.4, 0.5) is 0 Å². The molecule has 0 atom stereocenters. The van der Waals surface area contributed by atoms with Crippen LogP contribution in [0.3, 0.4) is 0 Å². The topological polar surface area (TPSA) is 63.4 Å². The minimum Gasteiger partial charge on any atom is -1.00 e. The summed E-state index contributed by atoms with van der Waals surface area (Å²) in [4.78, 5) is 8.36. The van der Waals surface area contributed by atoms with Crippen LogP contribution >= 0.6 is 0 Å². The van der Waals surface area contributed by atoms with Gasteiger partial charge in [-0.3, -0.25) is 0 Å². The van der Waals surface area contributed by atoms with Crippen LogP contribution in [0.1, 0.15) is 1.43 Å². The Morgan fingerprint density at radius 3 is 2.00 bits per heavy atom. The Bertz CT molecular complexity index is 33.8. The molecule has 5 heteroatoms. The number of hydrogen-bond donors (Lipinski definition) is 1. The molecule has 0 heterocycles. The summed E-state index contributed by atoms with van der Waals surface area (Å²) in [7, 11) is 0. The molecule has 0 radical (unpaired) electrons. The van der Waals surface area contributed by atoms with Crippen molar-refractivity contribution >= 4 is 0 Å². The van der Waals surface area contributed by atoms with Gasteiger partial charge in [-0.1, -0.05) is 0 Å². The van der Waals surface area contributed by atoms with Crippen molar-refractivity contribution in [1.29, 1.82) is 0 Å². The molecule has 1 N–H and O–H groups in total. The molecule has 0 aliphatic carbocycles. The second-order valence-corrected chi connectivity index (χ2v) is 0.238. The molecule has 0 saturated heterocycles. The van der Waals surface area contributed by atoms with Crippen LogP contribution < -0.4 is 18.9 Å². The summed E-state index contributed by atoms with van der Waals surface area (Å²) in [5, 5.41) is 13.6. The molecule has 0 aliphatic rings. The first kappa shape index (κ1) is 8.84. The average molecular weight is 71.0 g/mol. The second-order valence-electron chi connectivity index (χ2n) is 0.238. The first-order valence-corrected chi connectivity index (χ1v) is 0.565. The van der Waals surface area contributed by atoms with Gasteiger partial charge in [-0.15, -0.1) is 10.1 Å². The summed E-state index contributed by atoms with van der Waals surface area (Å²) < 4.78 is 0. The van der Waals surface area contributed by atoms with Crippen LogP contribution in [0.2, 0.25) is 0 Å². The zero-order chi connectivity index (χ0) is 3.58. The zero-order valence-electron chi connectivity index (χ0n) is 3.71. The van der Waals surface area contributed by atoms with Crippen molar-refractivity contribution in [1.82, 2.24) is 0 Å². The van der Waals surface area contributed by atoms with Crippen LogP contribution in [0.25, 0.3) is 0 Å². The smallest absolute Gasteiger partial charge is 1.00 e. The van der Waals surface area contributed by atoms with Gasteiger partial charge in [-0.05, 0) is 0 Å². The van der Waals surface area contributed by atoms with E-state index in [1.54, 1.807) is 0 Å². The van der Waals surface area contributed by atoms with Gasteiger partial charge in [0, 0.05) is 0 Å². The number of hydrogen-bond acceptors (Lipinski definition) is 2. The Hall–Kier alpha value is -0.203. The van der Waals surface area contributed by atoms with Crippen LogP contribution in [0.15, 0.2) is 0 Å². The fourth-order valence-electron chi connectivity index (χ4n) is 0. The third kappa shape index (κ3) is 299. The molecule has 0 spiro atoms. The third-order valence-corrected chi connectivity index (χ3v) is 0. The summed E-state index contributed by atoms with van der Waals surface area (Å²) in [6, 6.07) is 0. The fourth-order valence-corrected chi connectivity index (χ4v) is 0. The van der Waals surface area contributed by atoms with Crippen molar-refractivity contribution in [2.24, 2.45) is 0 Å². The summed E-state index contributed by atoms with van der Waals surface area (Å²) in [6.07, 6.45) is 0. The van der Waals surface area contributed by atoms with Gasteiger partial charge in [0.05, 0.1) is 0 Å². The summed E-state index contributed by atoms with van der Waals surface area (Å²) in [5.41, 5.74) is 0. The van der Waals surface area contributed by atoms with Gasteiger partial charge in [-0.25, -0.2) is 0 Å². The molecule has 0 aromatic rings. The predicted octanol–water partition coefficient (Wildman–Crippen LogP) is -3.23. The predicted molar refractivity (Wildman–Crippen MR) is 9.89 cm³/mol. The summed E-state index contributed by atoms with van der Waals surface area (Å²) in [6.45, 7) is 0. The fraction of sp³-hybridized carbons (Fsp3) is 0. The van der Waals surface area contributed by atoms with Gasteiger partial charge in [0.1, 0.15) is 0 Å². The molecule has 26 valence electrons. The molecular formula is H2LiNO3. The van der Waals surface area contributed by atoms with E-state index in [1.165, 1.54) is 0 Å². The summed E-state index contributed by atoms with van der Waals surface area (Å²) in [5.74, 6) is 0. The van der Waals surface area contributed by atoms with E-state index in [0.717, 1.165) is 0 Å². The molecule has 0 rings (SSSR count). The van der Waals surface area contributed by atoms with E-state index in [-0.39, 0.29) is 20.3 Å². The number of rotatable bonds is 0. The maximum Gasteiger partial charge on any atom is 1.00 e. The summed E-state index contributed by atoms with van der Waals surface area (Å²) >= 11 is 0. The van der Waals surface area contributed by atoms with E-state index in [0.29, 0.717) is 0 Å². The van der Waals surface area contributed by atoms with Crippen LogP contribution in [-0.2, 0) is 0 Å². The molecule has 0 unspecified atom stereocenters. The van der Waals surface area contributed by atoms with Gasteiger partial charge < -0.3 is 6.63 Å². The molecule has 0 aliphatic heterocycles. The molecule has 0 saturated carbocycles. The largest absolute Gasteiger partial charge is 1.00 e. The maximum atomic E-state index is 8.36. The maximum absolute atomic E-state index is 8.36. The van der Waals surface area contributed by atoms with E-state index in [1.807, 2.05) is 0 Å². The normalized spacial score (nSPS) is 4.80. The van der Waals surface area contributed by atoms with E-state index in [2.05, 4.69) is 0 Å². The SMILES string of the molecule is O=[N+]([O-])O.[H-].[Li+]. The Labute approximate surface area is 41.6 Å².